The Balaban J connectivity index is -0.0000000800. The molecule has 40 valence electrons. The molecule has 0 rings (SSSR count). The molecule has 0 fully saturated rings. The second kappa shape index (κ2) is 10.6. The van der Waals surface area contributed by atoms with Crippen molar-refractivity contribution >= 4 is 0 Å². The molecular weight excluding hydrogens is 111 g/mol. The van der Waals surface area contributed by atoms with Gasteiger partial charge in [0.25, 0.3) is 0 Å². The zero-order valence-electron chi connectivity index (χ0n) is 5.99. The minimum atomic E-state index is 0. The van der Waals surface area contributed by atoms with E-state index in [0.717, 1.165) is 0 Å². The van der Waals surface area contributed by atoms with Gasteiger partial charge in [0, 0.05) is 0 Å². The van der Waals surface area contributed by atoms with Gasteiger partial charge in [-0.25, -0.2) is 0 Å². The van der Waals surface area contributed by atoms with E-state index >= 15 is 0 Å². The van der Waals surface area contributed by atoms with Gasteiger partial charge in [0.15, 0.2) is 0 Å². The Morgan fingerprint density at radius 3 is 1.71 bits per heavy atom. The van der Waals surface area contributed by atoms with Crippen LogP contribution in [-0.4, -0.2) is 0 Å². The molecule has 0 aromatic heterocycles. The Morgan fingerprint density at radius 1 is 1.57 bits per heavy atom. The topological polar surface area (TPSA) is 0 Å². The van der Waals surface area contributed by atoms with Gasteiger partial charge in [-0.05, 0) is 0 Å². The summed E-state index contributed by atoms with van der Waals surface area (Å²) in [6.45, 7) is 8.00. The largest absolute Gasteiger partial charge is 1.00 e. The Hall–Kier alpha value is 1.64. The van der Waals surface area contributed by atoms with Gasteiger partial charge in [-0.2, -0.15) is 5.92 Å². The molecule has 0 spiro atoms. The van der Waals surface area contributed by atoms with Crippen molar-refractivity contribution in [2.75, 3.05) is 0 Å². The summed E-state index contributed by atoms with van der Waals surface area (Å²) in [4.78, 5) is 0. The Labute approximate surface area is 90.5 Å². The zero-order valence-corrected chi connectivity index (χ0v) is 9.11. The first kappa shape index (κ1) is 15.9. The van der Waals surface area contributed by atoms with Crippen LogP contribution >= 0.6 is 0 Å². The summed E-state index contributed by atoms with van der Waals surface area (Å²) in [7, 11) is 0. The monoisotopic (exact) mass is 125 g/mol. The molecule has 0 aromatic rings. The van der Waals surface area contributed by atoms with Gasteiger partial charge in [0.1, 0.15) is 0 Å². The molecule has 0 N–H and O–H groups in total. The smallest absolute Gasteiger partial charge is 0.358 e. The minimum absolute atomic E-state index is 0. The average Bonchev–Trinajstić information content (AvgIpc) is 1.38. The van der Waals surface area contributed by atoms with Crippen LogP contribution < -0.4 is 51.4 Å². The number of hydrogen-bond acceptors (Lipinski definition) is 0. The minimum Gasteiger partial charge on any atom is -0.358 e. The van der Waals surface area contributed by atoms with E-state index in [9.17, 15) is 0 Å². The molecule has 0 aromatic carbocycles. The molecule has 0 nitrogen and oxygen atoms in total. The van der Waals surface area contributed by atoms with E-state index in [1.807, 2.05) is 0 Å². The molecule has 0 aliphatic carbocycles. The third kappa shape index (κ3) is 18.3. The van der Waals surface area contributed by atoms with Gasteiger partial charge in [0.05, 0.1) is 0 Å². The molecule has 0 radical (unpaired) electrons. The second-order valence-corrected chi connectivity index (χ2v) is 1.51. The fourth-order valence-corrected chi connectivity index (χ4v) is 0. The fourth-order valence-electron chi connectivity index (χ4n) is 0. The molecule has 0 bridgehead atoms. The summed E-state index contributed by atoms with van der Waals surface area (Å²) in [5.41, 5.74) is 0. The number of rotatable bonds is 1. The Bertz CT molecular complexity index is 18.1. The zero-order chi connectivity index (χ0) is 4.28. The molecule has 7 heavy (non-hydrogen) atoms. The molecule has 1 atom stereocenters. The van der Waals surface area contributed by atoms with E-state index in [0.29, 0.717) is 5.92 Å². The van der Waals surface area contributed by atoms with E-state index in [4.69, 9.17) is 0 Å². The fraction of sp³-hybridized carbons (Fsp3) is 0.667. The first-order valence-corrected chi connectivity index (χ1v) is 2.10. The third-order valence-electron chi connectivity index (χ3n) is 0.697. The van der Waals surface area contributed by atoms with Crippen molar-refractivity contribution in [3.8, 4) is 0 Å². The van der Waals surface area contributed by atoms with Crippen molar-refractivity contribution in [3.05, 3.63) is 14.4 Å². The maximum absolute atomic E-state index is 3.76. The van der Waals surface area contributed by atoms with Crippen molar-refractivity contribution in [1.29, 1.82) is 0 Å². The summed E-state index contributed by atoms with van der Waals surface area (Å²) >= 11 is 0. The summed E-state index contributed by atoms with van der Waals surface area (Å²) in [5.74, 6) is 0.634. The standard InChI is InChI=1S/C5H11.CH3.K/c1-4-5(2)3;;/h5H,2,4H2,1,3H3;1H3;/q2*-1;+1. The van der Waals surface area contributed by atoms with Crippen molar-refractivity contribution < 1.29 is 51.4 Å². The van der Waals surface area contributed by atoms with Crippen molar-refractivity contribution in [2.45, 2.75) is 20.3 Å². The van der Waals surface area contributed by atoms with Crippen LogP contribution in [0.1, 0.15) is 20.3 Å². The quantitative estimate of drug-likeness (QED) is 0.322. The molecule has 0 saturated carbocycles. The van der Waals surface area contributed by atoms with Crippen LogP contribution in [0.15, 0.2) is 0 Å². The molecule has 1 heteroatoms. The van der Waals surface area contributed by atoms with Crippen LogP contribution in [0.2, 0.25) is 0 Å². The maximum atomic E-state index is 3.76. The van der Waals surface area contributed by atoms with Crippen LogP contribution in [0.3, 0.4) is 0 Å². The van der Waals surface area contributed by atoms with E-state index in [-0.39, 0.29) is 58.8 Å². The van der Waals surface area contributed by atoms with E-state index in [2.05, 4.69) is 20.8 Å². The van der Waals surface area contributed by atoms with Crippen LogP contribution in [0.5, 0.6) is 0 Å². The van der Waals surface area contributed by atoms with Crippen molar-refractivity contribution in [3.63, 3.8) is 0 Å². The van der Waals surface area contributed by atoms with Gasteiger partial charge in [0.2, 0.25) is 0 Å². The molecule has 1 unspecified atom stereocenters. The molecule has 0 aliphatic heterocycles. The predicted molar refractivity (Wildman–Crippen MR) is 31.2 cm³/mol. The first-order chi connectivity index (χ1) is 2.27. The summed E-state index contributed by atoms with van der Waals surface area (Å²) in [6.07, 6.45) is 1.19. The van der Waals surface area contributed by atoms with Gasteiger partial charge >= 0.3 is 51.4 Å². The van der Waals surface area contributed by atoms with Crippen LogP contribution in [0.4, 0.5) is 0 Å². The Kier molecular flexibility index (Phi) is 24.0. The van der Waals surface area contributed by atoms with Crippen molar-refractivity contribution in [1.82, 2.24) is 0 Å². The molecule has 0 saturated heterocycles. The second-order valence-electron chi connectivity index (χ2n) is 1.51. The average molecular weight is 125 g/mol. The van der Waals surface area contributed by atoms with Crippen molar-refractivity contribution in [2.24, 2.45) is 5.92 Å². The molecular formula is C6H14K-. The molecule has 0 heterocycles. The maximum Gasteiger partial charge on any atom is 1.00 e. The molecule has 0 aliphatic rings. The SMILES string of the molecule is [CH2-]C(C)CC.[CH3-].[K+]. The van der Waals surface area contributed by atoms with Gasteiger partial charge in [-0.15, -0.1) is 0 Å². The molecule has 0 amide bonds. The predicted octanol–water partition coefficient (Wildman–Crippen LogP) is -0.679. The van der Waals surface area contributed by atoms with E-state index in [1.54, 1.807) is 0 Å². The van der Waals surface area contributed by atoms with E-state index < -0.39 is 0 Å². The van der Waals surface area contributed by atoms with Gasteiger partial charge in [-0.1, -0.05) is 20.3 Å². The first-order valence-electron chi connectivity index (χ1n) is 2.10. The summed E-state index contributed by atoms with van der Waals surface area (Å²) in [6, 6.07) is 0. The third-order valence-corrected chi connectivity index (χ3v) is 0.697. The Morgan fingerprint density at radius 2 is 1.71 bits per heavy atom. The van der Waals surface area contributed by atoms with Gasteiger partial charge < -0.3 is 14.4 Å². The van der Waals surface area contributed by atoms with Crippen LogP contribution in [-0.2, 0) is 0 Å². The normalized spacial score (nSPS) is 10.7. The van der Waals surface area contributed by atoms with E-state index in [1.165, 1.54) is 6.42 Å². The van der Waals surface area contributed by atoms with Crippen LogP contribution in [0, 0.1) is 20.3 Å². The van der Waals surface area contributed by atoms with Gasteiger partial charge in [-0.3, -0.25) is 0 Å². The summed E-state index contributed by atoms with van der Waals surface area (Å²) < 4.78 is 0. The summed E-state index contributed by atoms with van der Waals surface area (Å²) in [5, 5.41) is 0. The van der Waals surface area contributed by atoms with Crippen LogP contribution in [0.25, 0.3) is 0 Å². The number of hydrogen-bond donors (Lipinski definition) is 0.